The van der Waals surface area contributed by atoms with Crippen LogP contribution in [0.1, 0.15) is 11.5 Å². The van der Waals surface area contributed by atoms with Crippen molar-refractivity contribution >= 4 is 5.91 Å². The summed E-state index contributed by atoms with van der Waals surface area (Å²) >= 11 is 0. The van der Waals surface area contributed by atoms with Crippen LogP contribution in [0.5, 0.6) is 0 Å². The first kappa shape index (κ1) is 12.1. The normalized spacial score (nSPS) is 20.2. The molecule has 1 aliphatic heterocycles. The third-order valence-corrected chi connectivity index (χ3v) is 2.70. The molecule has 2 rings (SSSR count). The lowest BCUT2D eigenvalue weighted by Gasteiger charge is -2.22. The van der Waals surface area contributed by atoms with Crippen molar-refractivity contribution in [1.29, 1.82) is 0 Å². The van der Waals surface area contributed by atoms with E-state index in [1.54, 1.807) is 0 Å². The van der Waals surface area contributed by atoms with Gasteiger partial charge < -0.3 is 19.8 Å². The van der Waals surface area contributed by atoms with Crippen LogP contribution in [-0.2, 0) is 16.0 Å². The number of aryl methyl sites for hydroxylation is 1. The summed E-state index contributed by atoms with van der Waals surface area (Å²) < 4.78 is 10.6. The minimum Gasteiger partial charge on any atom is -0.466 e. The molecule has 2 heterocycles. The number of hydrogen-bond donors (Lipinski definition) is 2. The van der Waals surface area contributed by atoms with E-state index >= 15 is 0 Å². The maximum Gasteiger partial charge on any atom is 0.239 e. The van der Waals surface area contributed by atoms with E-state index in [1.807, 2.05) is 19.1 Å². The molecule has 1 fully saturated rings. The van der Waals surface area contributed by atoms with Crippen LogP contribution >= 0.6 is 0 Å². The smallest absolute Gasteiger partial charge is 0.239 e. The van der Waals surface area contributed by atoms with E-state index in [9.17, 15) is 4.79 Å². The van der Waals surface area contributed by atoms with Gasteiger partial charge in [-0.15, -0.1) is 0 Å². The van der Waals surface area contributed by atoms with Crippen LogP contribution in [0.4, 0.5) is 0 Å². The van der Waals surface area contributed by atoms with Gasteiger partial charge in [-0.05, 0) is 19.1 Å². The van der Waals surface area contributed by atoms with Gasteiger partial charge in [0.2, 0.25) is 5.91 Å². The fourth-order valence-electron chi connectivity index (χ4n) is 1.79. The first-order chi connectivity index (χ1) is 8.25. The van der Waals surface area contributed by atoms with Crippen molar-refractivity contribution < 1.29 is 13.9 Å². The largest absolute Gasteiger partial charge is 0.466 e. The Morgan fingerprint density at radius 2 is 2.47 bits per heavy atom. The Balaban J connectivity index is 1.69. The molecule has 0 saturated carbocycles. The summed E-state index contributed by atoms with van der Waals surface area (Å²) in [7, 11) is 0. The zero-order valence-electron chi connectivity index (χ0n) is 9.99. The predicted molar refractivity (Wildman–Crippen MR) is 62.8 cm³/mol. The van der Waals surface area contributed by atoms with Crippen LogP contribution in [0, 0.1) is 6.92 Å². The molecule has 0 bridgehead atoms. The molecule has 1 amide bonds. The predicted octanol–water partition coefficient (Wildman–Crippen LogP) is 0.235. The third-order valence-electron chi connectivity index (χ3n) is 2.70. The lowest BCUT2D eigenvalue weighted by atomic mass is 10.2. The molecule has 0 spiro atoms. The monoisotopic (exact) mass is 238 g/mol. The molecule has 94 valence electrons. The molecule has 2 N–H and O–H groups in total. The molecule has 1 aromatic rings. The highest BCUT2D eigenvalue weighted by atomic mass is 16.5. The topological polar surface area (TPSA) is 63.5 Å². The molecule has 0 aliphatic carbocycles. The van der Waals surface area contributed by atoms with Crippen LogP contribution in [0.2, 0.25) is 0 Å². The molecule has 0 radical (unpaired) electrons. The Morgan fingerprint density at radius 1 is 1.59 bits per heavy atom. The quantitative estimate of drug-likeness (QED) is 0.788. The van der Waals surface area contributed by atoms with Crippen LogP contribution in [0.25, 0.3) is 0 Å². The van der Waals surface area contributed by atoms with E-state index in [0.29, 0.717) is 26.2 Å². The fourth-order valence-corrected chi connectivity index (χ4v) is 1.79. The van der Waals surface area contributed by atoms with Crippen molar-refractivity contribution in [3.05, 3.63) is 23.7 Å². The Labute approximate surface area is 101 Å². The SMILES string of the molecule is Cc1ccc(CCNC(=O)C2COCCN2)o1. The molecule has 1 aliphatic rings. The van der Waals surface area contributed by atoms with Crippen molar-refractivity contribution in [2.75, 3.05) is 26.3 Å². The van der Waals surface area contributed by atoms with Gasteiger partial charge in [-0.25, -0.2) is 0 Å². The van der Waals surface area contributed by atoms with Crippen molar-refractivity contribution in [2.45, 2.75) is 19.4 Å². The molecule has 17 heavy (non-hydrogen) atoms. The minimum absolute atomic E-state index is 0.00650. The number of ether oxygens (including phenoxy) is 1. The maximum absolute atomic E-state index is 11.7. The van der Waals surface area contributed by atoms with Crippen molar-refractivity contribution in [3.63, 3.8) is 0 Å². The summed E-state index contributed by atoms with van der Waals surface area (Å²) in [6, 6.07) is 3.64. The Kier molecular flexibility index (Phi) is 4.17. The second kappa shape index (κ2) is 5.84. The first-order valence-electron chi connectivity index (χ1n) is 5.90. The standard InChI is InChI=1S/C12H18N2O3/c1-9-2-3-10(17-9)4-5-14-12(15)11-8-16-7-6-13-11/h2-3,11,13H,4-8H2,1H3,(H,14,15). The van der Waals surface area contributed by atoms with E-state index in [1.165, 1.54) is 0 Å². The average molecular weight is 238 g/mol. The Hall–Kier alpha value is -1.33. The molecule has 0 aromatic carbocycles. The van der Waals surface area contributed by atoms with Gasteiger partial charge in [0.1, 0.15) is 17.6 Å². The number of hydrogen-bond acceptors (Lipinski definition) is 4. The highest BCUT2D eigenvalue weighted by molar-refractivity contribution is 5.81. The fraction of sp³-hybridized carbons (Fsp3) is 0.583. The van der Waals surface area contributed by atoms with Crippen molar-refractivity contribution in [2.24, 2.45) is 0 Å². The van der Waals surface area contributed by atoms with Gasteiger partial charge in [-0.1, -0.05) is 0 Å². The summed E-state index contributed by atoms with van der Waals surface area (Å²) in [6.07, 6.45) is 0.715. The van der Waals surface area contributed by atoms with Gasteiger partial charge in [0.15, 0.2) is 0 Å². The minimum atomic E-state index is -0.220. The number of nitrogens with one attached hydrogen (secondary N) is 2. The highest BCUT2D eigenvalue weighted by Gasteiger charge is 2.20. The molecule has 1 aromatic heterocycles. The summed E-state index contributed by atoms with van der Waals surface area (Å²) in [5.41, 5.74) is 0. The van der Waals surface area contributed by atoms with Gasteiger partial charge in [-0.2, -0.15) is 0 Å². The zero-order valence-corrected chi connectivity index (χ0v) is 9.99. The number of carbonyl (C=O) groups excluding carboxylic acids is 1. The zero-order chi connectivity index (χ0) is 12.1. The van der Waals surface area contributed by atoms with E-state index in [0.717, 1.165) is 18.1 Å². The summed E-state index contributed by atoms with van der Waals surface area (Å²) in [5.74, 6) is 1.79. The van der Waals surface area contributed by atoms with Crippen LogP contribution in [0.3, 0.4) is 0 Å². The number of amides is 1. The molecular weight excluding hydrogens is 220 g/mol. The van der Waals surface area contributed by atoms with E-state index < -0.39 is 0 Å². The Bertz CT molecular complexity index is 370. The van der Waals surface area contributed by atoms with Crippen LogP contribution in [-0.4, -0.2) is 38.3 Å². The molecule has 1 unspecified atom stereocenters. The van der Waals surface area contributed by atoms with Gasteiger partial charge in [0.05, 0.1) is 13.2 Å². The van der Waals surface area contributed by atoms with Gasteiger partial charge >= 0.3 is 0 Å². The van der Waals surface area contributed by atoms with E-state index in [4.69, 9.17) is 9.15 Å². The van der Waals surface area contributed by atoms with Crippen LogP contribution in [0.15, 0.2) is 16.5 Å². The molecule has 5 heteroatoms. The number of rotatable bonds is 4. The number of morpholine rings is 1. The highest BCUT2D eigenvalue weighted by Crippen LogP contribution is 2.06. The van der Waals surface area contributed by atoms with Crippen LogP contribution < -0.4 is 10.6 Å². The first-order valence-corrected chi connectivity index (χ1v) is 5.90. The lowest BCUT2D eigenvalue weighted by Crippen LogP contribution is -2.51. The summed E-state index contributed by atoms with van der Waals surface area (Å²) in [5, 5.41) is 5.98. The Morgan fingerprint density at radius 3 is 3.12 bits per heavy atom. The second-order valence-corrected chi connectivity index (χ2v) is 4.14. The van der Waals surface area contributed by atoms with Crippen molar-refractivity contribution in [3.8, 4) is 0 Å². The maximum atomic E-state index is 11.7. The van der Waals surface area contributed by atoms with Crippen molar-refractivity contribution in [1.82, 2.24) is 10.6 Å². The molecule has 5 nitrogen and oxygen atoms in total. The molecule has 1 saturated heterocycles. The van der Waals surface area contributed by atoms with E-state index in [2.05, 4.69) is 10.6 Å². The number of carbonyl (C=O) groups is 1. The van der Waals surface area contributed by atoms with Gasteiger partial charge in [0, 0.05) is 19.5 Å². The second-order valence-electron chi connectivity index (χ2n) is 4.14. The molecule has 1 atom stereocenters. The molecular formula is C12H18N2O3. The average Bonchev–Trinajstić information content (AvgIpc) is 2.76. The summed E-state index contributed by atoms with van der Waals surface area (Å²) in [6.45, 7) is 4.35. The summed E-state index contributed by atoms with van der Waals surface area (Å²) in [4.78, 5) is 11.7. The number of furan rings is 1. The van der Waals surface area contributed by atoms with Gasteiger partial charge in [-0.3, -0.25) is 4.79 Å². The lowest BCUT2D eigenvalue weighted by molar-refractivity contribution is -0.125. The third kappa shape index (κ3) is 3.57. The van der Waals surface area contributed by atoms with E-state index in [-0.39, 0.29) is 11.9 Å². The van der Waals surface area contributed by atoms with Gasteiger partial charge in [0.25, 0.3) is 0 Å².